The molecular weight excluding hydrogens is 246 g/mol. The van der Waals surface area contributed by atoms with Gasteiger partial charge in [-0.15, -0.1) is 0 Å². The third-order valence-electron chi connectivity index (χ3n) is 4.90. The summed E-state index contributed by atoms with van der Waals surface area (Å²) in [6.07, 6.45) is 2.78. The van der Waals surface area contributed by atoms with Crippen LogP contribution in [0.2, 0.25) is 0 Å². The van der Waals surface area contributed by atoms with Gasteiger partial charge in [0.1, 0.15) is 0 Å². The van der Waals surface area contributed by atoms with Gasteiger partial charge in [0.25, 0.3) is 0 Å². The molecule has 0 radical (unpaired) electrons. The van der Waals surface area contributed by atoms with E-state index in [2.05, 4.69) is 60.0 Å². The van der Waals surface area contributed by atoms with Crippen LogP contribution in [0.25, 0.3) is 0 Å². The maximum absolute atomic E-state index is 2.69. The van der Waals surface area contributed by atoms with E-state index in [1.165, 1.54) is 43.7 Å². The van der Waals surface area contributed by atoms with E-state index < -0.39 is 0 Å². The molecule has 0 aliphatic carbocycles. The van der Waals surface area contributed by atoms with Gasteiger partial charge in [0.15, 0.2) is 0 Å². The lowest BCUT2D eigenvalue weighted by molar-refractivity contribution is 0.0540. The van der Waals surface area contributed by atoms with E-state index in [4.69, 9.17) is 0 Å². The second kappa shape index (κ2) is 5.74. The Kier molecular flexibility index (Phi) is 3.99. The largest absolute Gasteiger partial charge is 0.378 e. The monoisotopic (exact) mass is 273 g/mol. The van der Waals surface area contributed by atoms with Crippen molar-refractivity contribution in [2.45, 2.75) is 38.4 Å². The summed E-state index contributed by atoms with van der Waals surface area (Å²) in [7, 11) is 4.19. The molecule has 3 rings (SSSR count). The van der Waals surface area contributed by atoms with Crippen LogP contribution < -0.4 is 4.90 Å². The fourth-order valence-corrected chi connectivity index (χ4v) is 3.60. The highest BCUT2D eigenvalue weighted by Gasteiger charge is 2.34. The Morgan fingerprint density at radius 3 is 2.60 bits per heavy atom. The number of piperazine rings is 1. The van der Waals surface area contributed by atoms with Crippen LogP contribution in [-0.2, 0) is 6.54 Å². The molecule has 0 saturated carbocycles. The van der Waals surface area contributed by atoms with E-state index in [1.54, 1.807) is 0 Å². The van der Waals surface area contributed by atoms with Crippen LogP contribution >= 0.6 is 0 Å². The van der Waals surface area contributed by atoms with Crippen molar-refractivity contribution >= 4 is 5.69 Å². The summed E-state index contributed by atoms with van der Waals surface area (Å²) in [5.74, 6) is 0. The Hall–Kier alpha value is -1.06. The van der Waals surface area contributed by atoms with Gasteiger partial charge in [-0.05, 0) is 44.0 Å². The fraction of sp³-hybridized carbons (Fsp3) is 0.647. The zero-order valence-corrected chi connectivity index (χ0v) is 13.0. The molecule has 2 aliphatic heterocycles. The number of rotatable bonds is 3. The standard InChI is InChI=1S/C17H27N3/c1-14-11-19-10-4-5-17(19)13-20(14)12-15-6-8-16(9-7-15)18(2)3/h6-9,14,17H,4-5,10-13H2,1-3H3/t14-,17?/m0/s1. The minimum atomic E-state index is 0.679. The van der Waals surface area contributed by atoms with Gasteiger partial charge in [-0.1, -0.05) is 12.1 Å². The van der Waals surface area contributed by atoms with E-state index in [1.807, 2.05) is 0 Å². The van der Waals surface area contributed by atoms with Crippen molar-refractivity contribution in [2.24, 2.45) is 0 Å². The number of hydrogen-bond acceptors (Lipinski definition) is 3. The van der Waals surface area contributed by atoms with Gasteiger partial charge in [-0.25, -0.2) is 0 Å². The van der Waals surface area contributed by atoms with Crippen LogP contribution in [0.5, 0.6) is 0 Å². The van der Waals surface area contributed by atoms with Gasteiger partial charge in [0.2, 0.25) is 0 Å². The highest BCUT2D eigenvalue weighted by molar-refractivity contribution is 5.45. The molecule has 1 aromatic carbocycles. The minimum absolute atomic E-state index is 0.679. The summed E-state index contributed by atoms with van der Waals surface area (Å²) in [5.41, 5.74) is 2.72. The number of nitrogens with zero attached hydrogens (tertiary/aromatic N) is 3. The predicted molar refractivity (Wildman–Crippen MR) is 85.2 cm³/mol. The molecule has 110 valence electrons. The van der Waals surface area contributed by atoms with E-state index in [0.717, 1.165) is 12.6 Å². The van der Waals surface area contributed by atoms with Crippen LogP contribution in [0.15, 0.2) is 24.3 Å². The second-order valence-corrected chi connectivity index (χ2v) is 6.63. The Labute approximate surface area is 123 Å². The van der Waals surface area contributed by atoms with Crippen molar-refractivity contribution in [2.75, 3.05) is 38.6 Å². The third-order valence-corrected chi connectivity index (χ3v) is 4.90. The maximum Gasteiger partial charge on any atom is 0.0361 e. The van der Waals surface area contributed by atoms with Crippen LogP contribution in [0, 0.1) is 0 Å². The van der Waals surface area contributed by atoms with Crippen LogP contribution in [0.3, 0.4) is 0 Å². The smallest absolute Gasteiger partial charge is 0.0361 e. The molecule has 2 aliphatic rings. The molecule has 2 heterocycles. The summed E-state index contributed by atoms with van der Waals surface area (Å²) in [6, 6.07) is 10.5. The average Bonchev–Trinajstić information content (AvgIpc) is 2.87. The first-order chi connectivity index (χ1) is 9.63. The molecule has 2 fully saturated rings. The molecule has 0 amide bonds. The lowest BCUT2D eigenvalue weighted by atomic mass is 10.1. The van der Waals surface area contributed by atoms with Gasteiger partial charge >= 0.3 is 0 Å². The normalized spacial score (nSPS) is 27.6. The van der Waals surface area contributed by atoms with Gasteiger partial charge in [0.05, 0.1) is 0 Å². The minimum Gasteiger partial charge on any atom is -0.378 e. The van der Waals surface area contributed by atoms with Crippen molar-refractivity contribution in [3.63, 3.8) is 0 Å². The Bertz CT molecular complexity index is 440. The summed E-state index contributed by atoms with van der Waals surface area (Å²) in [4.78, 5) is 7.51. The zero-order valence-electron chi connectivity index (χ0n) is 13.0. The fourth-order valence-electron chi connectivity index (χ4n) is 3.60. The van der Waals surface area contributed by atoms with E-state index in [9.17, 15) is 0 Å². The van der Waals surface area contributed by atoms with Gasteiger partial charge in [-0.3, -0.25) is 9.80 Å². The number of anilines is 1. The lowest BCUT2D eigenvalue weighted by Crippen LogP contribution is -2.54. The van der Waals surface area contributed by atoms with Crippen molar-refractivity contribution in [1.29, 1.82) is 0 Å². The topological polar surface area (TPSA) is 9.72 Å². The molecule has 2 saturated heterocycles. The Balaban J connectivity index is 1.64. The first kappa shape index (κ1) is 13.9. The molecule has 0 N–H and O–H groups in total. The number of benzene rings is 1. The molecule has 2 atom stereocenters. The highest BCUT2D eigenvalue weighted by atomic mass is 15.3. The molecule has 3 nitrogen and oxygen atoms in total. The molecule has 0 spiro atoms. The lowest BCUT2D eigenvalue weighted by Gasteiger charge is -2.42. The summed E-state index contributed by atoms with van der Waals surface area (Å²) in [6.45, 7) is 7.29. The van der Waals surface area contributed by atoms with Gasteiger partial charge in [-0.2, -0.15) is 0 Å². The van der Waals surface area contributed by atoms with Gasteiger partial charge in [0, 0.05) is 51.5 Å². The molecule has 0 aromatic heterocycles. The number of hydrogen-bond donors (Lipinski definition) is 0. The first-order valence-corrected chi connectivity index (χ1v) is 7.88. The SMILES string of the molecule is C[C@H]1CN2CCCC2CN1Cc1ccc(N(C)C)cc1. The van der Waals surface area contributed by atoms with Crippen LogP contribution in [0.1, 0.15) is 25.3 Å². The van der Waals surface area contributed by atoms with E-state index >= 15 is 0 Å². The number of fused-ring (bicyclic) bond motifs is 1. The predicted octanol–water partition coefficient (Wildman–Crippen LogP) is 2.42. The van der Waals surface area contributed by atoms with Crippen LogP contribution in [0.4, 0.5) is 5.69 Å². The zero-order chi connectivity index (χ0) is 14.1. The van der Waals surface area contributed by atoms with Crippen LogP contribution in [-0.4, -0.2) is 55.6 Å². The van der Waals surface area contributed by atoms with Crippen molar-refractivity contribution in [3.05, 3.63) is 29.8 Å². The second-order valence-electron chi connectivity index (χ2n) is 6.63. The summed E-state index contributed by atoms with van der Waals surface area (Å²) in [5, 5.41) is 0. The molecule has 1 unspecified atom stereocenters. The Morgan fingerprint density at radius 2 is 1.90 bits per heavy atom. The van der Waals surface area contributed by atoms with E-state index in [0.29, 0.717) is 6.04 Å². The molecule has 1 aromatic rings. The molecule has 0 bridgehead atoms. The molecular formula is C17H27N3. The van der Waals surface area contributed by atoms with Crippen molar-refractivity contribution in [3.8, 4) is 0 Å². The van der Waals surface area contributed by atoms with Crippen molar-refractivity contribution < 1.29 is 0 Å². The third kappa shape index (κ3) is 2.84. The van der Waals surface area contributed by atoms with Crippen molar-refractivity contribution in [1.82, 2.24) is 9.80 Å². The van der Waals surface area contributed by atoms with Gasteiger partial charge < -0.3 is 4.90 Å². The Morgan fingerprint density at radius 1 is 1.15 bits per heavy atom. The quantitative estimate of drug-likeness (QED) is 0.837. The molecule has 20 heavy (non-hydrogen) atoms. The molecule has 3 heteroatoms. The summed E-state index contributed by atoms with van der Waals surface area (Å²) >= 11 is 0. The maximum atomic E-state index is 2.69. The first-order valence-electron chi connectivity index (χ1n) is 7.88. The van der Waals surface area contributed by atoms with E-state index in [-0.39, 0.29) is 0 Å². The average molecular weight is 273 g/mol. The summed E-state index contributed by atoms with van der Waals surface area (Å²) < 4.78 is 0. The highest BCUT2D eigenvalue weighted by Crippen LogP contribution is 2.26.